The Morgan fingerprint density at radius 3 is 0.614 bits per heavy atom. The van der Waals surface area contributed by atoms with Crippen molar-refractivity contribution >= 4 is 39.5 Å². The number of phosphoric ester groups is 2. The number of ether oxygens (including phenoxy) is 4. The average molecular weight is 1480 g/mol. The fraction of sp³-hybridized carbons (Fsp3) is 0.951. The van der Waals surface area contributed by atoms with Crippen LogP contribution in [0.15, 0.2) is 0 Å². The maximum absolute atomic E-state index is 13.1. The van der Waals surface area contributed by atoms with Crippen molar-refractivity contribution in [2.24, 2.45) is 23.7 Å². The second-order valence-electron chi connectivity index (χ2n) is 31.4. The van der Waals surface area contributed by atoms with Gasteiger partial charge in [-0.15, -0.1) is 0 Å². The van der Waals surface area contributed by atoms with Crippen LogP contribution in [0.2, 0.25) is 0 Å². The first-order valence-corrected chi connectivity index (χ1v) is 45.2. The van der Waals surface area contributed by atoms with E-state index in [4.69, 9.17) is 37.0 Å². The third-order valence-corrected chi connectivity index (χ3v) is 21.0. The summed E-state index contributed by atoms with van der Waals surface area (Å²) in [6.45, 7) is 14.3. The fourth-order valence-corrected chi connectivity index (χ4v) is 14.2. The molecule has 19 heteroatoms. The second-order valence-corrected chi connectivity index (χ2v) is 34.3. The second kappa shape index (κ2) is 71.0. The van der Waals surface area contributed by atoms with Gasteiger partial charge < -0.3 is 33.8 Å². The van der Waals surface area contributed by atoms with E-state index in [2.05, 4.69) is 55.4 Å². The topological polar surface area (TPSA) is 237 Å². The zero-order valence-corrected chi connectivity index (χ0v) is 68.3. The number of carbonyl (C=O) groups is 4. The van der Waals surface area contributed by atoms with Gasteiger partial charge in [0.25, 0.3) is 0 Å². The minimum atomic E-state index is -4.96. The van der Waals surface area contributed by atoms with Gasteiger partial charge in [-0.3, -0.25) is 37.3 Å². The Hall–Kier alpha value is -1.94. The normalized spacial score (nSPS) is 14.0. The van der Waals surface area contributed by atoms with Crippen LogP contribution in [0, 0.1) is 23.7 Å². The molecule has 0 saturated carbocycles. The molecule has 600 valence electrons. The molecule has 0 aliphatic carbocycles. The van der Waals surface area contributed by atoms with Gasteiger partial charge in [-0.1, -0.05) is 370 Å². The third-order valence-electron chi connectivity index (χ3n) is 19.1. The van der Waals surface area contributed by atoms with Crippen molar-refractivity contribution in [3.05, 3.63) is 0 Å². The first kappa shape index (κ1) is 99.1. The maximum Gasteiger partial charge on any atom is 0.472 e. The molecule has 3 N–H and O–H groups in total. The Bertz CT molecular complexity index is 1970. The predicted molar refractivity (Wildman–Crippen MR) is 414 cm³/mol. The predicted octanol–water partition coefficient (Wildman–Crippen LogP) is 24.4. The number of esters is 4. The highest BCUT2D eigenvalue weighted by Crippen LogP contribution is 2.45. The zero-order chi connectivity index (χ0) is 74.6. The summed E-state index contributed by atoms with van der Waals surface area (Å²) in [7, 11) is -9.92. The van der Waals surface area contributed by atoms with Crippen LogP contribution in [0.1, 0.15) is 421 Å². The van der Waals surface area contributed by atoms with Gasteiger partial charge in [0.2, 0.25) is 0 Å². The van der Waals surface area contributed by atoms with Gasteiger partial charge in [-0.2, -0.15) is 0 Å². The van der Waals surface area contributed by atoms with Crippen LogP contribution in [0.4, 0.5) is 0 Å². The SMILES string of the molecule is CC(C)CCCCCCCCCCCCCCCCCCCCC(=O)O[C@H](COC(=O)CCCCCCCCCCCCCCC(C)C)COP(=O)(O)OCC(O)COP(=O)(O)OC[C@@H](COC(=O)CCCCCCCCCC(C)C)OC(=O)CCCCCCCCCCCCCCC(C)C. The van der Waals surface area contributed by atoms with Crippen molar-refractivity contribution in [2.75, 3.05) is 39.6 Å². The molecule has 0 aliphatic heterocycles. The summed E-state index contributed by atoms with van der Waals surface area (Å²) in [5.41, 5.74) is 0. The van der Waals surface area contributed by atoms with Crippen LogP contribution < -0.4 is 0 Å². The Balaban J connectivity index is 5.23. The highest BCUT2D eigenvalue weighted by Gasteiger charge is 2.30. The molecule has 0 radical (unpaired) electrons. The van der Waals surface area contributed by atoms with Crippen LogP contribution in [0.3, 0.4) is 0 Å². The number of rotatable bonds is 79. The Labute approximate surface area is 619 Å². The van der Waals surface area contributed by atoms with Gasteiger partial charge in [-0.25, -0.2) is 9.13 Å². The number of aliphatic hydroxyl groups is 1. The van der Waals surface area contributed by atoms with E-state index in [1.165, 1.54) is 218 Å². The summed E-state index contributed by atoms with van der Waals surface area (Å²) in [6, 6.07) is 0. The summed E-state index contributed by atoms with van der Waals surface area (Å²) in [5.74, 6) is 0.970. The smallest absolute Gasteiger partial charge is 0.462 e. The molecule has 0 aromatic rings. The molecule has 0 saturated heterocycles. The standard InChI is InChI=1S/C82H160O17P2/c1-72(2)58-50-42-34-27-21-15-13-11-9-10-12-14-16-25-31-39-48-56-64-81(86)98-77(68-92-79(84)62-54-46-38-30-24-19-17-22-28-35-43-51-59-73(3)4)70-96-100(88,89)94-66-76(83)67-95-101(90,91)97-71-78(69-93-80(85)63-55-47-41-33-37-45-53-61-75(7)8)99-82(87)65-57-49-40-32-26-20-18-23-29-36-44-52-60-74(5)6/h72-78,83H,9-71H2,1-8H3,(H,88,89)(H,90,91)/t76?,77-,78-/m1/s1. The lowest BCUT2D eigenvalue weighted by Gasteiger charge is -2.21. The monoisotopic (exact) mass is 1480 g/mol. The molecule has 0 spiro atoms. The van der Waals surface area contributed by atoms with Crippen molar-refractivity contribution < 1.29 is 80.2 Å². The lowest BCUT2D eigenvalue weighted by Crippen LogP contribution is -2.30. The third kappa shape index (κ3) is 76.1. The highest BCUT2D eigenvalue weighted by molar-refractivity contribution is 7.47. The molecule has 3 unspecified atom stereocenters. The fourth-order valence-electron chi connectivity index (χ4n) is 12.6. The van der Waals surface area contributed by atoms with Crippen LogP contribution in [-0.4, -0.2) is 96.7 Å². The van der Waals surface area contributed by atoms with E-state index in [-0.39, 0.29) is 25.7 Å². The summed E-state index contributed by atoms with van der Waals surface area (Å²) >= 11 is 0. The lowest BCUT2D eigenvalue weighted by atomic mass is 10.0. The summed E-state index contributed by atoms with van der Waals surface area (Å²) in [6.07, 6.45) is 58.4. The molecule has 0 rings (SSSR count). The number of phosphoric acid groups is 2. The molecule has 101 heavy (non-hydrogen) atoms. The molecule has 17 nitrogen and oxygen atoms in total. The van der Waals surface area contributed by atoms with E-state index in [0.717, 1.165) is 114 Å². The van der Waals surface area contributed by atoms with Gasteiger partial charge in [0.15, 0.2) is 12.2 Å². The van der Waals surface area contributed by atoms with Gasteiger partial charge in [0.1, 0.15) is 19.3 Å². The largest absolute Gasteiger partial charge is 0.472 e. The Kier molecular flexibility index (Phi) is 69.6. The number of carbonyl (C=O) groups excluding carboxylic acids is 4. The number of hydrogen-bond donors (Lipinski definition) is 3. The van der Waals surface area contributed by atoms with E-state index < -0.39 is 97.5 Å². The van der Waals surface area contributed by atoms with Crippen molar-refractivity contribution in [1.82, 2.24) is 0 Å². The minimum absolute atomic E-state index is 0.106. The van der Waals surface area contributed by atoms with Gasteiger partial charge in [-0.05, 0) is 49.4 Å². The van der Waals surface area contributed by atoms with E-state index >= 15 is 0 Å². The van der Waals surface area contributed by atoms with E-state index in [9.17, 15) is 43.2 Å². The molecule has 0 amide bonds. The molecule has 0 aliphatic rings. The van der Waals surface area contributed by atoms with Gasteiger partial charge in [0, 0.05) is 25.7 Å². The Morgan fingerprint density at radius 2 is 0.416 bits per heavy atom. The van der Waals surface area contributed by atoms with Gasteiger partial charge in [0.05, 0.1) is 26.4 Å². The molecular weight excluding hydrogens is 1320 g/mol. The molecule has 0 fully saturated rings. The van der Waals surface area contributed by atoms with Crippen LogP contribution in [0.5, 0.6) is 0 Å². The van der Waals surface area contributed by atoms with E-state index in [1.54, 1.807) is 0 Å². The molecule has 0 heterocycles. The number of aliphatic hydroxyl groups excluding tert-OH is 1. The summed E-state index contributed by atoms with van der Waals surface area (Å²) < 4.78 is 68.7. The molecule has 0 aromatic heterocycles. The van der Waals surface area contributed by atoms with Crippen molar-refractivity contribution in [3.8, 4) is 0 Å². The van der Waals surface area contributed by atoms with Gasteiger partial charge >= 0.3 is 39.5 Å². The molecule has 0 bridgehead atoms. The zero-order valence-electron chi connectivity index (χ0n) is 66.5. The van der Waals surface area contributed by atoms with Crippen LogP contribution in [-0.2, 0) is 65.4 Å². The molecule has 0 aromatic carbocycles. The highest BCUT2D eigenvalue weighted by atomic mass is 31.2. The van der Waals surface area contributed by atoms with Crippen LogP contribution >= 0.6 is 15.6 Å². The van der Waals surface area contributed by atoms with Crippen molar-refractivity contribution in [2.45, 2.75) is 440 Å². The van der Waals surface area contributed by atoms with Crippen LogP contribution in [0.25, 0.3) is 0 Å². The average Bonchev–Trinajstić information content (AvgIpc) is 0.927. The Morgan fingerprint density at radius 1 is 0.248 bits per heavy atom. The van der Waals surface area contributed by atoms with Crippen molar-refractivity contribution in [3.63, 3.8) is 0 Å². The van der Waals surface area contributed by atoms with E-state index in [1.807, 2.05) is 0 Å². The van der Waals surface area contributed by atoms with E-state index in [0.29, 0.717) is 31.6 Å². The number of hydrogen-bond acceptors (Lipinski definition) is 15. The summed E-state index contributed by atoms with van der Waals surface area (Å²) in [5, 5.41) is 10.6. The first-order valence-electron chi connectivity index (χ1n) is 42.2. The minimum Gasteiger partial charge on any atom is -0.462 e. The van der Waals surface area contributed by atoms with Crippen molar-refractivity contribution in [1.29, 1.82) is 0 Å². The quantitative estimate of drug-likeness (QED) is 0.0222. The molecular formula is C82H160O17P2. The lowest BCUT2D eigenvalue weighted by molar-refractivity contribution is -0.161. The first-order chi connectivity index (χ1) is 48.6. The number of unbranched alkanes of at least 4 members (excludes halogenated alkanes) is 45. The maximum atomic E-state index is 13.1. The molecule has 5 atom stereocenters. The summed E-state index contributed by atoms with van der Waals surface area (Å²) in [4.78, 5) is 73.0.